The number of nitrogens with two attached hydrogens (primary N) is 1. The molecule has 8 nitrogen and oxygen atoms in total. The Hall–Kier alpha value is -2.91. The molecule has 2 aromatic rings. The number of hydrogen-bond acceptors (Lipinski definition) is 6. The third kappa shape index (κ3) is 6.39. The number of hydrogen-bond donors (Lipinski definition) is 2. The first-order valence-electron chi connectivity index (χ1n) is 7.98. The number of benzene rings is 2. The summed E-state index contributed by atoms with van der Waals surface area (Å²) < 4.78 is 32.7. The van der Waals surface area contributed by atoms with E-state index in [1.165, 1.54) is 31.2 Å². The summed E-state index contributed by atoms with van der Waals surface area (Å²) in [6, 6.07) is 12.5. The molecule has 0 bridgehead atoms. The molecule has 2 aromatic carbocycles. The lowest BCUT2D eigenvalue weighted by Gasteiger charge is -2.14. The number of ether oxygens (including phenoxy) is 2. The van der Waals surface area contributed by atoms with Crippen molar-refractivity contribution in [2.75, 3.05) is 11.9 Å². The highest BCUT2D eigenvalue weighted by Gasteiger charge is 2.18. The number of carbonyl (C=O) groups excluding carboxylic acids is 2. The average molecular weight is 392 g/mol. The number of sulfonamides is 1. The van der Waals surface area contributed by atoms with Gasteiger partial charge in [-0.15, -0.1) is 0 Å². The lowest BCUT2D eigenvalue weighted by atomic mass is 10.2. The highest BCUT2D eigenvalue weighted by Crippen LogP contribution is 2.14. The molecule has 0 spiro atoms. The van der Waals surface area contributed by atoms with Gasteiger partial charge in [0.25, 0.3) is 5.91 Å². The van der Waals surface area contributed by atoms with E-state index in [4.69, 9.17) is 14.6 Å². The Morgan fingerprint density at radius 3 is 2.41 bits per heavy atom. The summed E-state index contributed by atoms with van der Waals surface area (Å²) in [6.07, 6.45) is -1.06. The zero-order valence-corrected chi connectivity index (χ0v) is 15.7. The van der Waals surface area contributed by atoms with Crippen LogP contribution in [-0.4, -0.2) is 33.0 Å². The van der Waals surface area contributed by atoms with E-state index in [-0.39, 0.29) is 11.5 Å². The van der Waals surface area contributed by atoms with Gasteiger partial charge in [-0.3, -0.25) is 4.79 Å². The zero-order valence-electron chi connectivity index (χ0n) is 14.8. The number of rotatable bonds is 7. The largest absolute Gasteiger partial charge is 0.482 e. The van der Waals surface area contributed by atoms with Crippen LogP contribution in [0.15, 0.2) is 53.4 Å². The number of nitrogens with one attached hydrogen (secondary N) is 1. The van der Waals surface area contributed by atoms with Gasteiger partial charge in [0, 0.05) is 5.69 Å². The third-order valence-corrected chi connectivity index (χ3v) is 4.40. The lowest BCUT2D eigenvalue weighted by molar-refractivity contribution is -0.155. The maximum atomic E-state index is 12.1. The molecule has 0 unspecified atom stereocenters. The number of esters is 1. The van der Waals surface area contributed by atoms with Crippen LogP contribution in [0, 0.1) is 6.92 Å². The highest BCUT2D eigenvalue weighted by molar-refractivity contribution is 7.89. The SMILES string of the molecule is Cc1cccc(OCC(=O)O[C@H](C)C(=O)Nc2ccc(S(N)(=O)=O)cc2)c1. The second-order valence-electron chi connectivity index (χ2n) is 5.80. The smallest absolute Gasteiger partial charge is 0.344 e. The Morgan fingerprint density at radius 2 is 1.81 bits per heavy atom. The van der Waals surface area contributed by atoms with E-state index in [1.807, 2.05) is 13.0 Å². The van der Waals surface area contributed by atoms with E-state index in [2.05, 4.69) is 5.32 Å². The van der Waals surface area contributed by atoms with E-state index in [0.29, 0.717) is 11.4 Å². The molecule has 0 aliphatic rings. The van der Waals surface area contributed by atoms with Gasteiger partial charge in [-0.2, -0.15) is 0 Å². The first-order chi connectivity index (χ1) is 12.6. The van der Waals surface area contributed by atoms with Crippen molar-refractivity contribution in [3.8, 4) is 5.75 Å². The van der Waals surface area contributed by atoms with Crippen molar-refractivity contribution in [1.29, 1.82) is 0 Å². The Labute approximate surface area is 157 Å². The van der Waals surface area contributed by atoms with E-state index in [0.717, 1.165) is 5.56 Å². The summed E-state index contributed by atoms with van der Waals surface area (Å²) in [5, 5.41) is 7.52. The summed E-state index contributed by atoms with van der Waals surface area (Å²) in [6.45, 7) is 2.98. The minimum Gasteiger partial charge on any atom is -0.482 e. The fourth-order valence-electron chi connectivity index (χ4n) is 2.10. The number of carbonyl (C=O) groups is 2. The number of aryl methyl sites for hydroxylation is 1. The van der Waals surface area contributed by atoms with Crippen LogP contribution in [0.2, 0.25) is 0 Å². The summed E-state index contributed by atoms with van der Waals surface area (Å²) in [5.74, 6) is -0.731. The van der Waals surface area contributed by atoms with E-state index in [1.54, 1.807) is 18.2 Å². The quantitative estimate of drug-likeness (QED) is 0.690. The molecule has 0 radical (unpaired) electrons. The fraction of sp³-hybridized carbons (Fsp3) is 0.222. The second-order valence-corrected chi connectivity index (χ2v) is 7.36. The molecule has 1 amide bonds. The van der Waals surface area contributed by atoms with Gasteiger partial charge in [-0.05, 0) is 55.8 Å². The zero-order chi connectivity index (χ0) is 20.0. The van der Waals surface area contributed by atoms with Gasteiger partial charge in [-0.1, -0.05) is 12.1 Å². The third-order valence-electron chi connectivity index (χ3n) is 3.47. The van der Waals surface area contributed by atoms with Crippen LogP contribution in [0.25, 0.3) is 0 Å². The molecule has 0 heterocycles. The van der Waals surface area contributed by atoms with Crippen molar-refractivity contribution in [2.45, 2.75) is 24.8 Å². The second kappa shape index (κ2) is 8.65. The van der Waals surface area contributed by atoms with Gasteiger partial charge in [0.15, 0.2) is 12.7 Å². The van der Waals surface area contributed by atoms with Crippen molar-refractivity contribution in [2.24, 2.45) is 5.14 Å². The van der Waals surface area contributed by atoms with Crippen LogP contribution < -0.4 is 15.2 Å². The van der Waals surface area contributed by atoms with E-state index in [9.17, 15) is 18.0 Å². The minimum absolute atomic E-state index is 0.0757. The molecule has 3 N–H and O–H groups in total. The molecule has 144 valence electrons. The first kappa shape index (κ1) is 20.4. The molecular weight excluding hydrogens is 372 g/mol. The van der Waals surface area contributed by atoms with Crippen LogP contribution in [-0.2, 0) is 24.3 Å². The van der Waals surface area contributed by atoms with Crippen LogP contribution in [0.3, 0.4) is 0 Å². The molecule has 0 saturated carbocycles. The lowest BCUT2D eigenvalue weighted by Crippen LogP contribution is -2.31. The van der Waals surface area contributed by atoms with Crippen molar-refractivity contribution in [3.05, 3.63) is 54.1 Å². The van der Waals surface area contributed by atoms with Crippen LogP contribution >= 0.6 is 0 Å². The van der Waals surface area contributed by atoms with Gasteiger partial charge in [0.2, 0.25) is 10.0 Å². The molecule has 0 fully saturated rings. The Kier molecular flexibility index (Phi) is 6.54. The van der Waals surface area contributed by atoms with Gasteiger partial charge < -0.3 is 14.8 Å². The molecular formula is C18H20N2O6S. The van der Waals surface area contributed by atoms with Gasteiger partial charge in [0.05, 0.1) is 4.90 Å². The maximum absolute atomic E-state index is 12.1. The van der Waals surface area contributed by atoms with Crippen LogP contribution in [0.5, 0.6) is 5.75 Å². The van der Waals surface area contributed by atoms with E-state index >= 15 is 0 Å². The predicted octanol–water partition coefficient (Wildman–Crippen LogP) is 1.59. The summed E-state index contributed by atoms with van der Waals surface area (Å²) in [7, 11) is -3.81. The average Bonchev–Trinajstić information content (AvgIpc) is 2.59. The van der Waals surface area contributed by atoms with Gasteiger partial charge >= 0.3 is 5.97 Å². The fourth-order valence-corrected chi connectivity index (χ4v) is 2.62. The Morgan fingerprint density at radius 1 is 1.15 bits per heavy atom. The molecule has 0 saturated heterocycles. The van der Waals surface area contributed by atoms with Crippen LogP contribution in [0.4, 0.5) is 5.69 Å². The maximum Gasteiger partial charge on any atom is 0.344 e. The number of amides is 1. The van der Waals surface area contributed by atoms with E-state index < -0.39 is 28.0 Å². The summed E-state index contributed by atoms with van der Waals surface area (Å²) >= 11 is 0. The normalized spacial score (nSPS) is 12.1. The molecule has 0 aliphatic carbocycles. The predicted molar refractivity (Wildman–Crippen MR) is 98.7 cm³/mol. The van der Waals surface area contributed by atoms with Gasteiger partial charge in [-0.25, -0.2) is 18.4 Å². The van der Waals surface area contributed by atoms with Crippen LogP contribution in [0.1, 0.15) is 12.5 Å². The topological polar surface area (TPSA) is 125 Å². The monoisotopic (exact) mass is 392 g/mol. The standard InChI is InChI=1S/C18H20N2O6S/c1-12-4-3-5-15(10-12)25-11-17(21)26-13(2)18(22)20-14-6-8-16(9-7-14)27(19,23)24/h3-10,13H,11H2,1-2H3,(H,20,22)(H2,19,23,24)/t13-/m1/s1. The number of anilines is 1. The Balaban J connectivity index is 1.84. The minimum atomic E-state index is -3.81. The Bertz CT molecular complexity index is 925. The molecule has 0 aliphatic heterocycles. The first-order valence-corrected chi connectivity index (χ1v) is 9.52. The summed E-state index contributed by atoms with van der Waals surface area (Å²) in [4.78, 5) is 23.8. The highest BCUT2D eigenvalue weighted by atomic mass is 32.2. The van der Waals surface area contributed by atoms with Crippen molar-refractivity contribution in [1.82, 2.24) is 0 Å². The van der Waals surface area contributed by atoms with Gasteiger partial charge in [0.1, 0.15) is 5.75 Å². The molecule has 2 rings (SSSR count). The summed E-state index contributed by atoms with van der Waals surface area (Å²) in [5.41, 5.74) is 1.33. The molecule has 0 aromatic heterocycles. The van der Waals surface area contributed by atoms with Crippen molar-refractivity contribution < 1.29 is 27.5 Å². The van der Waals surface area contributed by atoms with Crippen molar-refractivity contribution in [3.63, 3.8) is 0 Å². The molecule has 9 heteroatoms. The molecule has 27 heavy (non-hydrogen) atoms. The van der Waals surface area contributed by atoms with Crippen molar-refractivity contribution >= 4 is 27.6 Å². The number of primary sulfonamides is 1. The molecule has 1 atom stereocenters.